The monoisotopic (exact) mass is 215 g/mol. The zero-order chi connectivity index (χ0) is 11.4. The van der Waals surface area contributed by atoms with Crippen molar-refractivity contribution in [1.29, 1.82) is 0 Å². The van der Waals surface area contributed by atoms with Crippen LogP contribution in [0.4, 0.5) is 5.69 Å². The van der Waals surface area contributed by atoms with Gasteiger partial charge in [0.15, 0.2) is 0 Å². The topological polar surface area (TPSA) is 54.4 Å². The fourth-order valence-electron chi connectivity index (χ4n) is 1.60. The predicted molar refractivity (Wildman–Crippen MR) is 64.6 cm³/mol. The van der Waals surface area contributed by atoms with Crippen molar-refractivity contribution in [3.05, 3.63) is 40.9 Å². The normalized spacial score (nSPS) is 10.6. The fourth-order valence-corrected chi connectivity index (χ4v) is 1.60. The maximum absolute atomic E-state index is 10.6. The molecule has 0 atom stereocenters. The molecule has 0 spiro atoms. The van der Waals surface area contributed by atoms with E-state index in [1.54, 1.807) is 6.07 Å². The van der Waals surface area contributed by atoms with Crippen molar-refractivity contribution in [2.45, 2.75) is 13.5 Å². The van der Waals surface area contributed by atoms with E-state index in [0.717, 1.165) is 17.6 Å². The Labute approximate surface area is 93.7 Å². The van der Waals surface area contributed by atoms with Gasteiger partial charge in [0.25, 0.3) is 0 Å². The highest BCUT2D eigenvalue weighted by Crippen LogP contribution is 2.23. The summed E-state index contributed by atoms with van der Waals surface area (Å²) in [5, 5.41) is 7.12. The van der Waals surface area contributed by atoms with Crippen LogP contribution in [0.3, 0.4) is 0 Å². The lowest BCUT2D eigenvalue weighted by atomic mass is 10.2. The molecule has 1 heterocycles. The molecule has 1 aromatic carbocycles. The smallest absolute Gasteiger partial charge is 0.134 e. The number of benzene rings is 1. The van der Waals surface area contributed by atoms with Gasteiger partial charge < -0.3 is 5.32 Å². The van der Waals surface area contributed by atoms with Crippen LogP contribution >= 0.6 is 0 Å². The molecule has 0 bridgehead atoms. The molecule has 1 N–H and O–H groups in total. The summed E-state index contributed by atoms with van der Waals surface area (Å²) in [6.45, 7) is 3.65. The minimum absolute atomic E-state index is 0.399. The molecular weight excluding hydrogens is 202 g/mol. The lowest BCUT2D eigenvalue weighted by Gasteiger charge is -2.04. The fraction of sp³-hybridized carbons (Fsp3) is 0.250. The van der Waals surface area contributed by atoms with Gasteiger partial charge in [0.2, 0.25) is 0 Å². The van der Waals surface area contributed by atoms with E-state index in [-0.39, 0.29) is 0 Å². The average molecular weight is 215 g/mol. The van der Waals surface area contributed by atoms with Crippen LogP contribution in [0.15, 0.2) is 35.5 Å². The van der Waals surface area contributed by atoms with E-state index >= 15 is 0 Å². The highest BCUT2D eigenvalue weighted by molar-refractivity contribution is 5.88. The van der Waals surface area contributed by atoms with Crippen molar-refractivity contribution in [2.24, 2.45) is 5.18 Å². The summed E-state index contributed by atoms with van der Waals surface area (Å²) >= 11 is 0. The van der Waals surface area contributed by atoms with Gasteiger partial charge in [0.05, 0.1) is 11.2 Å². The molecule has 0 aliphatic rings. The molecule has 2 aromatic rings. The van der Waals surface area contributed by atoms with Crippen molar-refractivity contribution in [1.82, 2.24) is 10.3 Å². The number of hydrogen-bond acceptors (Lipinski definition) is 4. The van der Waals surface area contributed by atoms with Gasteiger partial charge in [-0.2, -0.15) is 0 Å². The van der Waals surface area contributed by atoms with Crippen LogP contribution in [0.2, 0.25) is 0 Å². The Morgan fingerprint density at radius 3 is 2.94 bits per heavy atom. The zero-order valence-electron chi connectivity index (χ0n) is 9.10. The molecule has 0 saturated carbocycles. The molecule has 0 amide bonds. The first kappa shape index (κ1) is 10.7. The molecule has 2 rings (SSSR count). The first-order valence-corrected chi connectivity index (χ1v) is 5.28. The van der Waals surface area contributed by atoms with Gasteiger partial charge in [-0.25, -0.2) is 4.98 Å². The highest BCUT2D eigenvalue weighted by atomic mass is 16.3. The largest absolute Gasteiger partial charge is 0.311 e. The molecule has 16 heavy (non-hydrogen) atoms. The SMILES string of the molecule is CCNCc1ccc2cccc(N=O)c2n1. The Kier molecular flexibility index (Phi) is 3.22. The summed E-state index contributed by atoms with van der Waals surface area (Å²) in [5.74, 6) is 0. The van der Waals surface area contributed by atoms with Crippen molar-refractivity contribution in [3.63, 3.8) is 0 Å². The van der Waals surface area contributed by atoms with Gasteiger partial charge in [-0.3, -0.25) is 0 Å². The second-order valence-electron chi connectivity index (χ2n) is 3.52. The number of para-hydroxylation sites is 1. The molecule has 0 saturated heterocycles. The quantitative estimate of drug-likeness (QED) is 0.798. The number of rotatable bonds is 4. The van der Waals surface area contributed by atoms with Crippen LogP contribution in [0.1, 0.15) is 12.6 Å². The summed E-state index contributed by atoms with van der Waals surface area (Å²) in [6.07, 6.45) is 0. The molecule has 4 nitrogen and oxygen atoms in total. The van der Waals surface area contributed by atoms with E-state index < -0.39 is 0 Å². The maximum atomic E-state index is 10.6. The number of fused-ring (bicyclic) bond motifs is 1. The molecular formula is C12H13N3O. The Balaban J connectivity index is 2.46. The van der Waals surface area contributed by atoms with Crippen LogP contribution in [-0.4, -0.2) is 11.5 Å². The molecule has 0 aliphatic carbocycles. The predicted octanol–water partition coefficient (Wildman–Crippen LogP) is 2.74. The van der Waals surface area contributed by atoms with Crippen molar-refractivity contribution in [2.75, 3.05) is 6.54 Å². The Hall–Kier alpha value is -1.81. The Morgan fingerprint density at radius 2 is 2.19 bits per heavy atom. The molecule has 0 fully saturated rings. The number of nitrogens with one attached hydrogen (secondary N) is 1. The standard InChI is InChI=1S/C12H13N3O/c1-2-13-8-10-7-6-9-4-3-5-11(15-16)12(9)14-10/h3-7,13H,2,8H2,1H3. The lowest BCUT2D eigenvalue weighted by Crippen LogP contribution is -2.12. The third-order valence-corrected chi connectivity index (χ3v) is 2.41. The van der Waals surface area contributed by atoms with Crippen molar-refractivity contribution >= 4 is 16.6 Å². The van der Waals surface area contributed by atoms with Crippen LogP contribution in [0, 0.1) is 4.91 Å². The molecule has 4 heteroatoms. The van der Waals surface area contributed by atoms with E-state index in [1.807, 2.05) is 31.2 Å². The molecule has 82 valence electrons. The van der Waals surface area contributed by atoms with Gasteiger partial charge >= 0.3 is 0 Å². The molecule has 0 aliphatic heterocycles. The van der Waals surface area contributed by atoms with Crippen LogP contribution in [0.5, 0.6) is 0 Å². The van der Waals surface area contributed by atoms with Crippen LogP contribution < -0.4 is 5.32 Å². The summed E-state index contributed by atoms with van der Waals surface area (Å²) in [6, 6.07) is 9.33. The van der Waals surface area contributed by atoms with Gasteiger partial charge in [-0.1, -0.05) is 25.1 Å². The Bertz CT molecular complexity index is 511. The molecule has 1 aromatic heterocycles. The summed E-state index contributed by atoms with van der Waals surface area (Å²) in [4.78, 5) is 15.1. The van der Waals surface area contributed by atoms with E-state index in [1.165, 1.54) is 0 Å². The molecule has 0 unspecified atom stereocenters. The summed E-state index contributed by atoms with van der Waals surface area (Å²) in [7, 11) is 0. The first-order valence-electron chi connectivity index (χ1n) is 5.28. The van der Waals surface area contributed by atoms with Gasteiger partial charge in [-0.15, -0.1) is 4.91 Å². The second kappa shape index (κ2) is 4.81. The minimum Gasteiger partial charge on any atom is -0.311 e. The minimum atomic E-state index is 0.399. The number of nitroso groups, excluding NO2 is 1. The van der Waals surface area contributed by atoms with E-state index in [4.69, 9.17) is 0 Å². The van der Waals surface area contributed by atoms with E-state index in [0.29, 0.717) is 17.7 Å². The van der Waals surface area contributed by atoms with Crippen molar-refractivity contribution in [3.8, 4) is 0 Å². The van der Waals surface area contributed by atoms with Gasteiger partial charge in [-0.05, 0) is 23.9 Å². The maximum Gasteiger partial charge on any atom is 0.134 e. The van der Waals surface area contributed by atoms with Gasteiger partial charge in [0.1, 0.15) is 5.69 Å². The number of pyridine rings is 1. The highest BCUT2D eigenvalue weighted by Gasteiger charge is 2.03. The van der Waals surface area contributed by atoms with Crippen LogP contribution in [-0.2, 0) is 6.54 Å². The molecule has 0 radical (unpaired) electrons. The van der Waals surface area contributed by atoms with Crippen molar-refractivity contribution < 1.29 is 0 Å². The third kappa shape index (κ3) is 2.06. The summed E-state index contributed by atoms with van der Waals surface area (Å²) in [5.41, 5.74) is 1.99. The van der Waals surface area contributed by atoms with E-state index in [9.17, 15) is 4.91 Å². The van der Waals surface area contributed by atoms with Crippen LogP contribution in [0.25, 0.3) is 10.9 Å². The first-order chi connectivity index (χ1) is 7.85. The summed E-state index contributed by atoms with van der Waals surface area (Å²) < 4.78 is 0. The lowest BCUT2D eigenvalue weighted by molar-refractivity contribution is 0.713. The number of hydrogen-bond donors (Lipinski definition) is 1. The Morgan fingerprint density at radius 1 is 1.31 bits per heavy atom. The van der Waals surface area contributed by atoms with E-state index in [2.05, 4.69) is 15.5 Å². The number of aromatic nitrogens is 1. The number of nitrogens with zero attached hydrogens (tertiary/aromatic N) is 2. The van der Waals surface area contributed by atoms with Gasteiger partial charge in [0, 0.05) is 11.9 Å². The second-order valence-corrected chi connectivity index (χ2v) is 3.52. The third-order valence-electron chi connectivity index (χ3n) is 2.41. The average Bonchev–Trinajstić information content (AvgIpc) is 2.35. The zero-order valence-corrected chi connectivity index (χ0v) is 9.10.